The van der Waals surface area contributed by atoms with Gasteiger partial charge in [0.2, 0.25) is 0 Å². The minimum atomic E-state index is -0.392. The average Bonchev–Trinajstić information content (AvgIpc) is 2.48. The van der Waals surface area contributed by atoms with E-state index in [0.717, 1.165) is 21.8 Å². The van der Waals surface area contributed by atoms with Crippen molar-refractivity contribution in [3.63, 3.8) is 0 Å². The van der Waals surface area contributed by atoms with Gasteiger partial charge in [-0.05, 0) is 36.8 Å². The van der Waals surface area contributed by atoms with Crippen LogP contribution in [0.2, 0.25) is 0 Å². The van der Waals surface area contributed by atoms with Crippen LogP contribution in [-0.2, 0) is 5.75 Å². The maximum absolute atomic E-state index is 11.4. The molecule has 0 aliphatic heterocycles. The Balaban J connectivity index is 2.11. The summed E-state index contributed by atoms with van der Waals surface area (Å²) in [5.41, 5.74) is 10.9. The van der Waals surface area contributed by atoms with E-state index < -0.39 is 5.91 Å². The van der Waals surface area contributed by atoms with Crippen LogP contribution < -0.4 is 17.0 Å². The van der Waals surface area contributed by atoms with Crippen LogP contribution in [-0.4, -0.2) is 10.9 Å². The third-order valence-electron chi connectivity index (χ3n) is 2.87. The summed E-state index contributed by atoms with van der Waals surface area (Å²) >= 11 is 1.64. The molecule has 6 heteroatoms. The number of carbonyl (C=O) groups excluding carboxylic acids is 1. The number of pyridine rings is 1. The zero-order chi connectivity index (χ0) is 14.5. The van der Waals surface area contributed by atoms with Gasteiger partial charge in [0.25, 0.3) is 5.91 Å². The number of nitrogens with two attached hydrogens (primary N) is 2. The molecule has 0 aliphatic rings. The third-order valence-corrected chi connectivity index (χ3v) is 4.07. The molecule has 0 atom stereocenters. The summed E-state index contributed by atoms with van der Waals surface area (Å²) < 4.78 is 0. The number of anilines is 1. The predicted molar refractivity (Wildman–Crippen MR) is 81.0 cm³/mol. The quantitative estimate of drug-likeness (QED) is 0.262. The topological polar surface area (TPSA) is 94.0 Å². The van der Waals surface area contributed by atoms with Gasteiger partial charge < -0.3 is 5.73 Å². The van der Waals surface area contributed by atoms with Crippen molar-refractivity contribution in [3.05, 3.63) is 53.3 Å². The van der Waals surface area contributed by atoms with Crippen molar-refractivity contribution in [1.29, 1.82) is 0 Å². The lowest BCUT2D eigenvalue weighted by Gasteiger charge is -2.08. The van der Waals surface area contributed by atoms with Crippen molar-refractivity contribution < 1.29 is 4.79 Å². The largest absolute Gasteiger partial charge is 0.398 e. The number of nitrogen functional groups attached to an aromatic ring is 2. The summed E-state index contributed by atoms with van der Waals surface area (Å²) in [6.07, 6.45) is 0. The fourth-order valence-corrected chi connectivity index (χ4v) is 2.67. The number of nitrogens with zero attached hydrogens (tertiary/aromatic N) is 1. The number of hydrogen-bond acceptors (Lipinski definition) is 5. The zero-order valence-electron chi connectivity index (χ0n) is 11.1. The van der Waals surface area contributed by atoms with Crippen LogP contribution in [0.3, 0.4) is 0 Å². The summed E-state index contributed by atoms with van der Waals surface area (Å²) in [6.45, 7) is 1.99. The number of benzene rings is 1. The first-order valence-electron chi connectivity index (χ1n) is 6.06. The van der Waals surface area contributed by atoms with Gasteiger partial charge in [-0.25, -0.2) is 10.8 Å². The van der Waals surface area contributed by atoms with E-state index in [0.29, 0.717) is 11.4 Å². The Kier molecular flexibility index (Phi) is 4.60. The fraction of sp³-hybridized carbons (Fsp3) is 0.143. The molecule has 0 saturated heterocycles. The minimum absolute atomic E-state index is 0.315. The van der Waals surface area contributed by atoms with E-state index >= 15 is 0 Å². The number of thioether (sulfide) groups is 1. The lowest BCUT2D eigenvalue weighted by molar-refractivity contribution is 0.0948. The summed E-state index contributed by atoms with van der Waals surface area (Å²) in [5.74, 6) is 5.37. The van der Waals surface area contributed by atoms with E-state index in [1.807, 2.05) is 31.2 Å². The molecule has 5 nitrogen and oxygen atoms in total. The van der Waals surface area contributed by atoms with Crippen LogP contribution in [0.1, 0.15) is 21.7 Å². The Morgan fingerprint density at radius 2 is 2.05 bits per heavy atom. The second kappa shape index (κ2) is 6.40. The SMILES string of the molecule is Cc1c(N)cccc1SCc1cccc(C(=O)NN)n1. The molecule has 104 valence electrons. The molecular formula is C14H16N4OS. The molecule has 1 heterocycles. The Bertz CT molecular complexity index is 630. The van der Waals surface area contributed by atoms with Gasteiger partial charge in [-0.15, -0.1) is 11.8 Å². The van der Waals surface area contributed by atoms with Gasteiger partial charge in [-0.1, -0.05) is 12.1 Å². The zero-order valence-corrected chi connectivity index (χ0v) is 11.9. The van der Waals surface area contributed by atoms with Gasteiger partial charge in [-0.2, -0.15) is 0 Å². The molecule has 2 aromatic rings. The first-order valence-corrected chi connectivity index (χ1v) is 7.05. The van der Waals surface area contributed by atoms with Crippen LogP contribution in [0.4, 0.5) is 5.69 Å². The molecule has 1 aromatic heterocycles. The highest BCUT2D eigenvalue weighted by molar-refractivity contribution is 7.98. The van der Waals surface area contributed by atoms with Crippen LogP contribution in [0.15, 0.2) is 41.3 Å². The first-order chi connectivity index (χ1) is 9.61. The second-order valence-corrected chi connectivity index (χ2v) is 5.26. The molecule has 0 bridgehead atoms. The first kappa shape index (κ1) is 14.4. The molecule has 5 N–H and O–H groups in total. The number of aromatic nitrogens is 1. The molecule has 0 saturated carbocycles. The normalized spacial score (nSPS) is 10.3. The Morgan fingerprint density at radius 3 is 2.80 bits per heavy atom. The smallest absolute Gasteiger partial charge is 0.283 e. The molecule has 0 unspecified atom stereocenters. The number of hydrogen-bond donors (Lipinski definition) is 3. The maximum atomic E-state index is 11.4. The van der Waals surface area contributed by atoms with Crippen LogP contribution in [0.25, 0.3) is 0 Å². The maximum Gasteiger partial charge on any atom is 0.283 e. The number of rotatable bonds is 4. The van der Waals surface area contributed by atoms with Crippen molar-refractivity contribution in [2.24, 2.45) is 5.84 Å². The van der Waals surface area contributed by atoms with E-state index in [1.165, 1.54) is 0 Å². The summed E-state index contributed by atoms with van der Waals surface area (Å²) in [5, 5.41) is 0. The van der Waals surface area contributed by atoms with Gasteiger partial charge in [-0.3, -0.25) is 10.2 Å². The van der Waals surface area contributed by atoms with E-state index in [-0.39, 0.29) is 0 Å². The average molecular weight is 288 g/mol. The number of nitrogens with one attached hydrogen (secondary N) is 1. The van der Waals surface area contributed by atoms with Gasteiger partial charge in [0, 0.05) is 16.3 Å². The molecule has 0 aliphatic carbocycles. The highest BCUT2D eigenvalue weighted by atomic mass is 32.2. The minimum Gasteiger partial charge on any atom is -0.398 e. The van der Waals surface area contributed by atoms with Crippen LogP contribution in [0.5, 0.6) is 0 Å². The molecule has 1 amide bonds. The van der Waals surface area contributed by atoms with Gasteiger partial charge >= 0.3 is 0 Å². The van der Waals surface area contributed by atoms with Gasteiger partial charge in [0.1, 0.15) is 5.69 Å². The Morgan fingerprint density at radius 1 is 1.30 bits per heavy atom. The molecule has 20 heavy (non-hydrogen) atoms. The summed E-state index contributed by atoms with van der Waals surface area (Å²) in [4.78, 5) is 16.8. The lowest BCUT2D eigenvalue weighted by atomic mass is 10.2. The highest BCUT2D eigenvalue weighted by Gasteiger charge is 2.07. The fourth-order valence-electron chi connectivity index (χ4n) is 1.70. The molecule has 0 spiro atoms. The number of hydrazine groups is 1. The third kappa shape index (κ3) is 3.28. The summed E-state index contributed by atoms with van der Waals surface area (Å²) in [6, 6.07) is 11.1. The van der Waals surface area contributed by atoms with E-state index in [2.05, 4.69) is 10.4 Å². The standard InChI is InChI=1S/C14H16N4OS/c1-9-11(15)5-3-7-13(9)20-8-10-4-2-6-12(17-10)14(19)18-16/h2-7H,8,15-16H2,1H3,(H,18,19). The highest BCUT2D eigenvalue weighted by Crippen LogP contribution is 2.28. The monoisotopic (exact) mass is 288 g/mol. The molecule has 0 radical (unpaired) electrons. The van der Waals surface area contributed by atoms with Gasteiger partial charge in [0.15, 0.2) is 0 Å². The van der Waals surface area contributed by atoms with Crippen molar-refractivity contribution in [3.8, 4) is 0 Å². The number of amides is 1. The lowest BCUT2D eigenvalue weighted by Crippen LogP contribution is -2.30. The van der Waals surface area contributed by atoms with Crippen molar-refractivity contribution in [1.82, 2.24) is 10.4 Å². The second-order valence-electron chi connectivity index (χ2n) is 4.25. The molecule has 1 aromatic carbocycles. The van der Waals surface area contributed by atoms with E-state index in [9.17, 15) is 4.79 Å². The van der Waals surface area contributed by atoms with Gasteiger partial charge in [0.05, 0.1) is 5.69 Å². The van der Waals surface area contributed by atoms with E-state index in [4.69, 9.17) is 11.6 Å². The van der Waals surface area contributed by atoms with Crippen molar-refractivity contribution >= 4 is 23.4 Å². The molecular weight excluding hydrogens is 272 g/mol. The Labute approximate surface area is 121 Å². The van der Waals surface area contributed by atoms with Crippen molar-refractivity contribution in [2.45, 2.75) is 17.6 Å². The molecule has 2 rings (SSSR count). The van der Waals surface area contributed by atoms with Crippen molar-refractivity contribution in [2.75, 3.05) is 5.73 Å². The number of carbonyl (C=O) groups is 1. The molecule has 0 fully saturated rings. The Hall–Kier alpha value is -2.05. The van der Waals surface area contributed by atoms with Crippen LogP contribution >= 0.6 is 11.8 Å². The van der Waals surface area contributed by atoms with E-state index in [1.54, 1.807) is 23.9 Å². The summed E-state index contributed by atoms with van der Waals surface area (Å²) in [7, 11) is 0. The van der Waals surface area contributed by atoms with Crippen LogP contribution in [0, 0.1) is 6.92 Å². The predicted octanol–water partition coefficient (Wildman–Crippen LogP) is 1.87.